The SMILES string of the molecule is CC1OCCC1CNS(=O)(=O)c1cc(CN)n(C(C)C)c1. The molecule has 1 saturated heterocycles. The van der Waals surface area contributed by atoms with Gasteiger partial charge in [0.25, 0.3) is 0 Å². The van der Waals surface area contributed by atoms with Gasteiger partial charge in [0, 0.05) is 43.5 Å². The summed E-state index contributed by atoms with van der Waals surface area (Å²) in [7, 11) is -3.50. The van der Waals surface area contributed by atoms with Crippen molar-refractivity contribution in [3.8, 4) is 0 Å². The molecule has 2 heterocycles. The fraction of sp³-hybridized carbons (Fsp3) is 0.714. The molecule has 0 bridgehead atoms. The molecular weight excluding hydrogens is 290 g/mol. The van der Waals surface area contributed by atoms with E-state index in [9.17, 15) is 8.42 Å². The van der Waals surface area contributed by atoms with Gasteiger partial charge in [0.2, 0.25) is 10.0 Å². The van der Waals surface area contributed by atoms with Crippen LogP contribution in [0.2, 0.25) is 0 Å². The summed E-state index contributed by atoms with van der Waals surface area (Å²) in [5.41, 5.74) is 6.51. The van der Waals surface area contributed by atoms with Crippen LogP contribution in [0.1, 0.15) is 38.9 Å². The van der Waals surface area contributed by atoms with E-state index in [2.05, 4.69) is 4.72 Å². The van der Waals surface area contributed by atoms with E-state index in [4.69, 9.17) is 10.5 Å². The first kappa shape index (κ1) is 16.5. The minimum absolute atomic E-state index is 0.104. The summed E-state index contributed by atoms with van der Waals surface area (Å²) in [5, 5.41) is 0. The molecule has 0 aliphatic carbocycles. The monoisotopic (exact) mass is 315 g/mol. The Labute approximate surface area is 126 Å². The quantitative estimate of drug-likeness (QED) is 0.827. The molecule has 21 heavy (non-hydrogen) atoms. The second-order valence-corrected chi connectivity index (χ2v) is 7.62. The van der Waals surface area contributed by atoms with Gasteiger partial charge in [-0.1, -0.05) is 0 Å². The molecule has 1 aliphatic rings. The number of sulfonamides is 1. The van der Waals surface area contributed by atoms with Crippen LogP contribution in [-0.4, -0.2) is 32.2 Å². The Kier molecular flexibility index (Phi) is 5.08. The normalized spacial score (nSPS) is 23.1. The lowest BCUT2D eigenvalue weighted by atomic mass is 10.0. The van der Waals surface area contributed by atoms with Crippen molar-refractivity contribution in [3.63, 3.8) is 0 Å². The van der Waals surface area contributed by atoms with Crippen LogP contribution in [0.5, 0.6) is 0 Å². The van der Waals surface area contributed by atoms with Crippen LogP contribution in [0.4, 0.5) is 0 Å². The average molecular weight is 315 g/mol. The first-order chi connectivity index (χ1) is 9.85. The Morgan fingerprint density at radius 1 is 1.52 bits per heavy atom. The van der Waals surface area contributed by atoms with Crippen molar-refractivity contribution in [1.82, 2.24) is 9.29 Å². The van der Waals surface area contributed by atoms with E-state index in [0.717, 1.165) is 12.1 Å². The highest BCUT2D eigenvalue weighted by atomic mass is 32.2. The zero-order chi connectivity index (χ0) is 15.6. The van der Waals surface area contributed by atoms with Crippen LogP contribution in [-0.2, 0) is 21.3 Å². The van der Waals surface area contributed by atoms with Gasteiger partial charge in [-0.15, -0.1) is 0 Å². The van der Waals surface area contributed by atoms with Crippen molar-refractivity contribution in [2.45, 2.75) is 50.8 Å². The minimum atomic E-state index is -3.50. The Morgan fingerprint density at radius 3 is 2.71 bits per heavy atom. The molecule has 0 radical (unpaired) electrons. The van der Waals surface area contributed by atoms with Gasteiger partial charge in [-0.2, -0.15) is 0 Å². The third-order valence-electron chi connectivity index (χ3n) is 4.05. The highest BCUT2D eigenvalue weighted by Gasteiger charge is 2.27. The number of nitrogens with one attached hydrogen (secondary N) is 1. The van der Waals surface area contributed by atoms with Gasteiger partial charge in [-0.3, -0.25) is 0 Å². The largest absolute Gasteiger partial charge is 0.378 e. The number of aromatic nitrogens is 1. The first-order valence-electron chi connectivity index (χ1n) is 7.37. The smallest absolute Gasteiger partial charge is 0.242 e. The molecule has 1 aliphatic heterocycles. The summed E-state index contributed by atoms with van der Waals surface area (Å²) in [4.78, 5) is 0.281. The van der Waals surface area contributed by atoms with E-state index >= 15 is 0 Å². The second-order valence-electron chi connectivity index (χ2n) is 5.85. The van der Waals surface area contributed by atoms with Crippen LogP contribution >= 0.6 is 0 Å². The molecule has 120 valence electrons. The highest BCUT2D eigenvalue weighted by molar-refractivity contribution is 7.89. The summed E-state index contributed by atoms with van der Waals surface area (Å²) >= 11 is 0. The number of ether oxygens (including phenoxy) is 1. The molecule has 3 N–H and O–H groups in total. The molecule has 7 heteroatoms. The number of nitrogens with two attached hydrogens (primary N) is 1. The van der Waals surface area contributed by atoms with Gasteiger partial charge in [0.05, 0.1) is 11.0 Å². The van der Waals surface area contributed by atoms with Gasteiger partial charge < -0.3 is 15.0 Å². The van der Waals surface area contributed by atoms with Gasteiger partial charge in [-0.05, 0) is 33.3 Å². The van der Waals surface area contributed by atoms with Crippen molar-refractivity contribution in [1.29, 1.82) is 0 Å². The van der Waals surface area contributed by atoms with E-state index in [-0.39, 0.29) is 23.0 Å². The van der Waals surface area contributed by atoms with Crippen molar-refractivity contribution >= 4 is 10.0 Å². The fourth-order valence-electron chi connectivity index (χ4n) is 2.63. The maximum atomic E-state index is 12.4. The van der Waals surface area contributed by atoms with E-state index in [1.807, 2.05) is 25.3 Å². The molecule has 1 fully saturated rings. The number of nitrogens with zero attached hydrogens (tertiary/aromatic N) is 1. The molecule has 0 spiro atoms. The van der Waals surface area contributed by atoms with Crippen molar-refractivity contribution in [2.75, 3.05) is 13.2 Å². The third-order valence-corrected chi connectivity index (χ3v) is 5.44. The van der Waals surface area contributed by atoms with E-state index in [0.29, 0.717) is 19.7 Å². The Bertz CT molecular complexity index is 580. The van der Waals surface area contributed by atoms with Crippen LogP contribution < -0.4 is 10.5 Å². The summed E-state index contributed by atoms with van der Waals surface area (Å²) in [6, 6.07) is 1.83. The predicted molar refractivity (Wildman–Crippen MR) is 81.4 cm³/mol. The number of hydrogen-bond acceptors (Lipinski definition) is 4. The van der Waals surface area contributed by atoms with Crippen molar-refractivity contribution in [2.24, 2.45) is 11.7 Å². The molecule has 1 aromatic rings. The minimum Gasteiger partial charge on any atom is -0.378 e. The van der Waals surface area contributed by atoms with Crippen LogP contribution in [0, 0.1) is 5.92 Å². The predicted octanol–water partition coefficient (Wildman–Crippen LogP) is 1.23. The van der Waals surface area contributed by atoms with Gasteiger partial charge in [-0.25, -0.2) is 13.1 Å². The standard InChI is InChI=1S/C14H25N3O3S/c1-10(2)17-9-14(6-13(17)7-15)21(18,19)16-8-12-4-5-20-11(12)3/h6,9-12,16H,4-5,7-8,15H2,1-3H3. The van der Waals surface area contributed by atoms with Crippen LogP contribution in [0.15, 0.2) is 17.2 Å². The summed E-state index contributed by atoms with van der Waals surface area (Å²) in [6.45, 7) is 7.42. The third kappa shape index (κ3) is 3.66. The zero-order valence-corrected chi connectivity index (χ0v) is 13.7. The molecule has 0 saturated carbocycles. The fourth-order valence-corrected chi connectivity index (χ4v) is 3.78. The van der Waals surface area contributed by atoms with E-state index in [1.165, 1.54) is 0 Å². The summed E-state index contributed by atoms with van der Waals surface area (Å²) < 4.78 is 34.8. The molecule has 6 nitrogen and oxygen atoms in total. The molecule has 0 amide bonds. The molecule has 2 unspecified atom stereocenters. The lowest BCUT2D eigenvalue weighted by molar-refractivity contribution is 0.107. The number of rotatable bonds is 6. The molecule has 0 aromatic carbocycles. The molecule has 1 aromatic heterocycles. The Balaban J connectivity index is 2.12. The van der Waals surface area contributed by atoms with Crippen LogP contribution in [0.25, 0.3) is 0 Å². The summed E-state index contributed by atoms with van der Waals surface area (Å²) in [6.07, 6.45) is 2.65. The number of hydrogen-bond donors (Lipinski definition) is 2. The lowest BCUT2D eigenvalue weighted by Gasteiger charge is -2.14. The summed E-state index contributed by atoms with van der Waals surface area (Å²) in [5.74, 6) is 0.237. The molecular formula is C14H25N3O3S. The maximum absolute atomic E-state index is 12.4. The van der Waals surface area contributed by atoms with Gasteiger partial charge in [0.1, 0.15) is 0 Å². The van der Waals surface area contributed by atoms with Gasteiger partial charge in [0.15, 0.2) is 0 Å². The Hall–Kier alpha value is -0.890. The Morgan fingerprint density at radius 2 is 2.24 bits per heavy atom. The first-order valence-corrected chi connectivity index (χ1v) is 8.85. The highest BCUT2D eigenvalue weighted by Crippen LogP contribution is 2.22. The molecule has 2 rings (SSSR count). The zero-order valence-electron chi connectivity index (χ0n) is 12.9. The van der Waals surface area contributed by atoms with Crippen molar-refractivity contribution < 1.29 is 13.2 Å². The van der Waals surface area contributed by atoms with Crippen LogP contribution in [0.3, 0.4) is 0 Å². The average Bonchev–Trinajstić information content (AvgIpc) is 3.02. The molecule has 2 atom stereocenters. The van der Waals surface area contributed by atoms with Crippen molar-refractivity contribution in [3.05, 3.63) is 18.0 Å². The van der Waals surface area contributed by atoms with E-state index in [1.54, 1.807) is 12.3 Å². The topological polar surface area (TPSA) is 86.3 Å². The second kappa shape index (κ2) is 6.48. The lowest BCUT2D eigenvalue weighted by Crippen LogP contribution is -2.31. The van der Waals surface area contributed by atoms with E-state index < -0.39 is 10.0 Å². The maximum Gasteiger partial charge on any atom is 0.242 e. The van der Waals surface area contributed by atoms with Gasteiger partial charge >= 0.3 is 0 Å².